The van der Waals surface area contributed by atoms with Gasteiger partial charge >= 0.3 is 13.7 Å². The number of amidine groups is 4. The Balaban J connectivity index is 1.49. The van der Waals surface area contributed by atoms with Gasteiger partial charge in [0.15, 0.2) is 69.9 Å². The van der Waals surface area contributed by atoms with Gasteiger partial charge in [-0.1, -0.05) is 0 Å². The van der Waals surface area contributed by atoms with Gasteiger partial charge in [0.2, 0.25) is 0 Å². The lowest BCUT2D eigenvalue weighted by Crippen LogP contribution is -2.43. The topological polar surface area (TPSA) is 84.0 Å². The van der Waals surface area contributed by atoms with Gasteiger partial charge in [-0.05, 0) is 48.5 Å². The van der Waals surface area contributed by atoms with Gasteiger partial charge in [0.1, 0.15) is 22.6 Å². The van der Waals surface area contributed by atoms with Crippen LogP contribution in [0.5, 0.6) is 0 Å². The third-order valence-electron chi connectivity index (χ3n) is 8.78. The van der Waals surface area contributed by atoms with Crippen molar-refractivity contribution in [1.82, 2.24) is 7.10 Å². The van der Waals surface area contributed by atoms with Gasteiger partial charge in [-0.25, -0.2) is 65.1 Å². The molecule has 4 aromatic carbocycles. The molecule has 6 heterocycles. The predicted octanol–water partition coefficient (Wildman–Crippen LogP) is 6.27. The van der Waals surface area contributed by atoms with Crippen molar-refractivity contribution in [2.24, 2.45) is 30.0 Å². The van der Waals surface area contributed by atoms with Crippen LogP contribution in [0, 0.1) is 46.5 Å². The highest BCUT2D eigenvalue weighted by Gasteiger charge is 2.39. The van der Waals surface area contributed by atoms with E-state index in [0.717, 1.165) is 48.5 Å². The number of rotatable bonds is 0. The first-order chi connectivity index (χ1) is 24.0. The molecule has 4 aliphatic heterocycles. The van der Waals surface area contributed by atoms with E-state index in [4.69, 9.17) is 10.0 Å². The molecule has 50 heavy (non-hydrogen) atoms. The third kappa shape index (κ3) is 3.82. The Morgan fingerprint density at radius 3 is 1.04 bits per heavy atom. The van der Waals surface area contributed by atoms with Gasteiger partial charge in [-0.15, -0.1) is 0 Å². The summed E-state index contributed by atoms with van der Waals surface area (Å²) >= 11 is -3.60. The molecule has 0 fully saturated rings. The van der Waals surface area contributed by atoms with Crippen LogP contribution in [0.15, 0.2) is 78.5 Å². The van der Waals surface area contributed by atoms with E-state index >= 15 is 0 Å². The van der Waals surface area contributed by atoms with Crippen molar-refractivity contribution in [2.75, 3.05) is 0 Å². The van der Waals surface area contributed by atoms with Gasteiger partial charge in [-0.3, -0.25) is 0 Å². The maximum absolute atomic E-state index is 15.0. The summed E-state index contributed by atoms with van der Waals surface area (Å²) in [4.78, 5) is 27.3. The average molecular weight is 719 g/mol. The van der Waals surface area contributed by atoms with Crippen LogP contribution in [0.3, 0.4) is 0 Å². The second-order valence-electron chi connectivity index (χ2n) is 11.6. The van der Waals surface area contributed by atoms with Gasteiger partial charge < -0.3 is 7.10 Å². The van der Waals surface area contributed by atoms with Crippen LogP contribution in [-0.4, -0.2) is 44.1 Å². The molecule has 0 spiro atoms. The largest absolute Gasteiger partial charge is 0.722 e. The molecule has 6 aromatic rings. The summed E-state index contributed by atoms with van der Waals surface area (Å²) in [6, 6.07) is 6.66. The second kappa shape index (κ2) is 9.81. The van der Waals surface area contributed by atoms with Crippen molar-refractivity contribution in [3.63, 3.8) is 0 Å². The Morgan fingerprint density at radius 1 is 0.380 bits per heavy atom. The summed E-state index contributed by atoms with van der Waals surface area (Å²) in [5.74, 6) is -11.3. The van der Waals surface area contributed by atoms with Crippen LogP contribution in [-0.2, 0) is 0 Å². The number of hydrogen-bond donors (Lipinski definition) is 0. The summed E-state index contributed by atoms with van der Waals surface area (Å²) in [6.45, 7) is 0. The second-order valence-corrected chi connectivity index (χ2v) is 14.4. The van der Waals surface area contributed by atoms with Crippen molar-refractivity contribution < 1.29 is 35.1 Å². The lowest BCUT2D eigenvalue weighted by atomic mass is 10.1. The molecular formula is C32H8AlClF8N8. The zero-order valence-corrected chi connectivity index (χ0v) is 26.1. The van der Waals surface area contributed by atoms with Crippen LogP contribution >= 0.6 is 10.0 Å². The van der Waals surface area contributed by atoms with Crippen LogP contribution in [0.1, 0.15) is 22.3 Å². The highest BCUT2D eigenvalue weighted by Crippen LogP contribution is 2.42. The number of aromatic nitrogens is 2. The Hall–Kier alpha value is -5.50. The lowest BCUT2D eigenvalue weighted by molar-refractivity contribution is 0.508. The fourth-order valence-corrected chi connectivity index (χ4v) is 9.48. The minimum atomic E-state index is -3.60. The first-order valence-electron chi connectivity index (χ1n) is 14.4. The fourth-order valence-electron chi connectivity index (χ4n) is 6.55. The number of hydrogen-bond acceptors (Lipinski definition) is 6. The lowest BCUT2D eigenvalue weighted by Gasteiger charge is -2.15. The maximum atomic E-state index is 15.0. The molecule has 242 valence electrons. The van der Waals surface area contributed by atoms with E-state index < -0.39 is 60.2 Å². The van der Waals surface area contributed by atoms with E-state index in [-0.39, 0.29) is 89.8 Å². The van der Waals surface area contributed by atoms with Crippen molar-refractivity contribution >= 4 is 80.2 Å². The minimum Gasteiger partial charge on any atom is -0.370 e. The van der Waals surface area contributed by atoms with Crippen molar-refractivity contribution in [2.45, 2.75) is 0 Å². The van der Waals surface area contributed by atoms with Gasteiger partial charge in [0.25, 0.3) is 0 Å². The Bertz CT molecular complexity index is 2760. The van der Waals surface area contributed by atoms with Crippen molar-refractivity contribution in [3.05, 3.63) is 128 Å². The molecule has 18 heteroatoms. The molecule has 2 aromatic heterocycles. The third-order valence-corrected chi connectivity index (χ3v) is 11.8. The molecule has 0 saturated carbocycles. The van der Waals surface area contributed by atoms with Crippen LogP contribution in [0.4, 0.5) is 46.8 Å². The number of halogens is 9. The molecule has 0 unspecified atom stereocenters. The summed E-state index contributed by atoms with van der Waals surface area (Å²) in [5, 5.41) is -0.222. The van der Waals surface area contributed by atoms with Crippen molar-refractivity contribution in [1.29, 1.82) is 0 Å². The molecule has 0 atom stereocenters. The molecule has 0 radical (unpaired) electrons. The molecule has 0 aliphatic carbocycles. The zero-order valence-electron chi connectivity index (χ0n) is 24.2. The molecule has 8 nitrogen and oxygen atoms in total. The number of fused-ring (bicyclic) bond motifs is 14. The standard InChI is InChI=1S/C32H8F8N8.Al.ClH/c33-17-1-9-10(2-18(17)34)26-41-25(9)45-27-11-3-19(35)20(36)4-12(11)29(42-27)47-31-15-7-23(39)24(40)8-16(15)32(44-31)48-30-14-6-22(38)21(37)5-13(14)28(43-30)46-26;;/h1-8H;;1H/q-2;+3;/p-1. The zero-order chi connectivity index (χ0) is 34.5. The van der Waals surface area contributed by atoms with Crippen LogP contribution in [0.25, 0.3) is 21.5 Å². The highest BCUT2D eigenvalue weighted by molar-refractivity contribution is 7.05. The molecular weight excluding hydrogens is 711 g/mol. The van der Waals surface area contributed by atoms with E-state index in [1.54, 1.807) is 0 Å². The van der Waals surface area contributed by atoms with E-state index in [1.807, 2.05) is 0 Å². The monoisotopic (exact) mass is 718 g/mol. The predicted molar refractivity (Wildman–Crippen MR) is 167 cm³/mol. The minimum absolute atomic E-state index is 0.0291. The molecule has 0 saturated heterocycles. The summed E-state index contributed by atoms with van der Waals surface area (Å²) in [6.07, 6.45) is 0. The van der Waals surface area contributed by atoms with Gasteiger partial charge in [0, 0.05) is 43.8 Å². The number of aliphatic imine (C=N–C) groups is 4. The summed E-state index contributed by atoms with van der Waals surface area (Å²) in [7, 11) is 7.40. The highest BCUT2D eigenvalue weighted by atomic mass is 35.6. The van der Waals surface area contributed by atoms with Crippen molar-refractivity contribution in [3.8, 4) is 0 Å². The Morgan fingerprint density at radius 2 is 0.680 bits per heavy atom. The normalized spacial score (nSPS) is 15.3. The first kappa shape index (κ1) is 29.4. The molecule has 4 aliphatic rings. The van der Waals surface area contributed by atoms with E-state index in [0.29, 0.717) is 0 Å². The Labute approximate surface area is 280 Å². The maximum Gasteiger partial charge on any atom is 0.722 e. The first-order valence-corrected chi connectivity index (χ1v) is 17.2. The number of benzene rings is 4. The molecule has 10 rings (SSSR count). The quantitative estimate of drug-likeness (QED) is 0.131. The summed E-state index contributed by atoms with van der Waals surface area (Å²) in [5.41, 5.74) is -0.444. The van der Waals surface area contributed by atoms with Gasteiger partial charge in [-0.2, -0.15) is 10.0 Å². The fraction of sp³-hybridized carbons (Fsp3) is 0. The van der Waals surface area contributed by atoms with E-state index in [9.17, 15) is 35.1 Å². The molecule has 0 N–H and O–H groups in total. The molecule has 6 bridgehead atoms. The van der Waals surface area contributed by atoms with Crippen LogP contribution < -0.4 is 11.0 Å². The van der Waals surface area contributed by atoms with E-state index in [2.05, 4.69) is 30.0 Å². The summed E-state index contributed by atoms with van der Waals surface area (Å²) < 4.78 is 121. The number of nitrogens with zero attached hydrogens (tertiary/aromatic N) is 8. The van der Waals surface area contributed by atoms with E-state index in [1.165, 1.54) is 7.10 Å². The Kier molecular flexibility index (Phi) is 5.77. The van der Waals surface area contributed by atoms with Gasteiger partial charge in [0.05, 0.1) is 0 Å². The average Bonchev–Trinajstić information content (AvgIpc) is 3.74. The van der Waals surface area contributed by atoms with Crippen LogP contribution in [0.2, 0.25) is 0 Å². The SMILES string of the molecule is Fc1cc2c(cc1F)C1=Nc3c4cc(F)c(F)cc4c4[n]3[Al]([Cl])[n]3c(c5cc(F)c(F)cc5c3=NC3=NC(=N4)c4cc(F)c(F)cc43)=NC2=N1. The smallest absolute Gasteiger partial charge is 0.370 e. The molecule has 0 amide bonds.